The van der Waals surface area contributed by atoms with Crippen LogP contribution in [0.25, 0.3) is 0 Å². The molecule has 10 heteroatoms. The van der Waals surface area contributed by atoms with Gasteiger partial charge in [-0.2, -0.15) is 13.5 Å². The lowest BCUT2D eigenvalue weighted by molar-refractivity contribution is 0.122. The molecular formula is C21H25ClN4O4S. The van der Waals surface area contributed by atoms with Gasteiger partial charge in [0.1, 0.15) is 0 Å². The lowest BCUT2D eigenvalue weighted by Gasteiger charge is -2.29. The van der Waals surface area contributed by atoms with Crippen LogP contribution in [0.3, 0.4) is 0 Å². The summed E-state index contributed by atoms with van der Waals surface area (Å²) in [7, 11) is -2.55. The standard InChI is InChI=1S/C17H19ClN2O.C4H6N2O3S/c18-15-6-4-14(5-7-15)13-19-16-2-1-3-17(12-16)20-8-10-21-11-9-20;1-6-3-2-4(5-6)10(7,8)9/h1-7,12,19H,8-11,13H2;2-3H,1H3,(H,7,8,9). The van der Waals surface area contributed by atoms with E-state index < -0.39 is 10.1 Å². The quantitative estimate of drug-likeness (QED) is 0.558. The van der Waals surface area contributed by atoms with E-state index in [2.05, 4.69) is 39.6 Å². The topological polar surface area (TPSA) is 96.7 Å². The van der Waals surface area contributed by atoms with Gasteiger partial charge in [-0.05, 0) is 42.0 Å². The molecule has 1 aliphatic heterocycles. The second-order valence-electron chi connectivity index (χ2n) is 6.93. The Kier molecular flexibility index (Phi) is 7.91. The molecule has 4 rings (SSSR count). The minimum Gasteiger partial charge on any atom is -0.381 e. The second kappa shape index (κ2) is 10.6. The second-order valence-corrected chi connectivity index (χ2v) is 8.74. The zero-order chi connectivity index (χ0) is 22.3. The van der Waals surface area contributed by atoms with Crippen LogP contribution in [-0.4, -0.2) is 49.1 Å². The van der Waals surface area contributed by atoms with E-state index in [1.54, 1.807) is 7.05 Å². The molecule has 0 spiro atoms. The summed E-state index contributed by atoms with van der Waals surface area (Å²) in [6, 6.07) is 17.7. The molecule has 3 aromatic rings. The summed E-state index contributed by atoms with van der Waals surface area (Å²) in [6.07, 6.45) is 1.43. The van der Waals surface area contributed by atoms with Crippen molar-refractivity contribution in [2.75, 3.05) is 36.5 Å². The summed E-state index contributed by atoms with van der Waals surface area (Å²) < 4.78 is 35.7. The molecule has 0 atom stereocenters. The first-order chi connectivity index (χ1) is 14.8. The van der Waals surface area contributed by atoms with Crippen molar-refractivity contribution in [3.05, 3.63) is 71.4 Å². The van der Waals surface area contributed by atoms with Crippen molar-refractivity contribution in [2.24, 2.45) is 7.05 Å². The molecular weight excluding hydrogens is 440 g/mol. The van der Waals surface area contributed by atoms with E-state index >= 15 is 0 Å². The summed E-state index contributed by atoms with van der Waals surface area (Å²) in [5, 5.41) is 7.37. The van der Waals surface area contributed by atoms with Gasteiger partial charge in [0.25, 0.3) is 0 Å². The van der Waals surface area contributed by atoms with E-state index in [1.165, 1.54) is 28.2 Å². The predicted molar refractivity (Wildman–Crippen MR) is 121 cm³/mol. The van der Waals surface area contributed by atoms with Crippen LogP contribution >= 0.6 is 11.6 Å². The van der Waals surface area contributed by atoms with Crippen molar-refractivity contribution in [2.45, 2.75) is 11.6 Å². The van der Waals surface area contributed by atoms with E-state index in [0.717, 1.165) is 43.6 Å². The van der Waals surface area contributed by atoms with Crippen molar-refractivity contribution in [1.82, 2.24) is 9.78 Å². The highest BCUT2D eigenvalue weighted by Crippen LogP contribution is 2.21. The summed E-state index contributed by atoms with van der Waals surface area (Å²) in [5.74, 6) is 0. The highest BCUT2D eigenvalue weighted by Gasteiger charge is 2.12. The number of aryl methyl sites for hydroxylation is 1. The summed E-state index contributed by atoms with van der Waals surface area (Å²) in [5.41, 5.74) is 3.60. The molecule has 0 saturated carbocycles. The number of hydrogen-bond acceptors (Lipinski definition) is 6. The van der Waals surface area contributed by atoms with Gasteiger partial charge in [0.15, 0.2) is 0 Å². The van der Waals surface area contributed by atoms with Crippen LogP contribution in [-0.2, 0) is 28.4 Å². The van der Waals surface area contributed by atoms with Crippen LogP contribution in [0, 0.1) is 0 Å². The maximum atomic E-state index is 10.3. The van der Waals surface area contributed by atoms with E-state index in [1.807, 2.05) is 24.3 Å². The molecule has 31 heavy (non-hydrogen) atoms. The molecule has 1 aromatic heterocycles. The summed E-state index contributed by atoms with van der Waals surface area (Å²) >= 11 is 5.90. The molecule has 2 aromatic carbocycles. The van der Waals surface area contributed by atoms with Gasteiger partial charge in [0.05, 0.1) is 13.2 Å². The van der Waals surface area contributed by atoms with Crippen LogP contribution in [0.4, 0.5) is 11.4 Å². The van der Waals surface area contributed by atoms with Gasteiger partial charge in [-0.15, -0.1) is 0 Å². The fourth-order valence-electron chi connectivity index (χ4n) is 2.97. The van der Waals surface area contributed by atoms with E-state index in [4.69, 9.17) is 20.9 Å². The Morgan fingerprint density at radius 2 is 1.84 bits per heavy atom. The Labute approximate surface area is 187 Å². The van der Waals surface area contributed by atoms with Gasteiger partial charge >= 0.3 is 10.1 Å². The number of aromatic nitrogens is 2. The average molecular weight is 465 g/mol. The van der Waals surface area contributed by atoms with Gasteiger partial charge in [-0.25, -0.2) is 0 Å². The lowest BCUT2D eigenvalue weighted by Crippen LogP contribution is -2.36. The molecule has 1 aliphatic rings. The maximum absolute atomic E-state index is 10.3. The lowest BCUT2D eigenvalue weighted by atomic mass is 10.2. The van der Waals surface area contributed by atoms with Crippen LogP contribution in [0.5, 0.6) is 0 Å². The SMILES string of the molecule is Clc1ccc(CNc2cccc(N3CCOCC3)c2)cc1.Cn1ccc(S(=O)(=O)O)n1. The highest BCUT2D eigenvalue weighted by molar-refractivity contribution is 7.85. The first kappa shape index (κ1) is 23.1. The molecule has 1 fully saturated rings. The third-order valence-corrected chi connectivity index (χ3v) is 5.58. The van der Waals surface area contributed by atoms with Crippen LogP contribution in [0.2, 0.25) is 5.02 Å². The van der Waals surface area contributed by atoms with Crippen molar-refractivity contribution in [1.29, 1.82) is 0 Å². The van der Waals surface area contributed by atoms with Gasteiger partial charge in [0, 0.05) is 49.3 Å². The van der Waals surface area contributed by atoms with Crippen LogP contribution < -0.4 is 10.2 Å². The van der Waals surface area contributed by atoms with Crippen molar-refractivity contribution in [3.8, 4) is 0 Å². The zero-order valence-electron chi connectivity index (χ0n) is 17.1. The summed E-state index contributed by atoms with van der Waals surface area (Å²) in [6.45, 7) is 4.33. The number of halogens is 1. The highest BCUT2D eigenvalue weighted by atomic mass is 35.5. The van der Waals surface area contributed by atoms with Crippen LogP contribution in [0.15, 0.2) is 65.8 Å². The number of ether oxygens (including phenoxy) is 1. The number of nitrogens with one attached hydrogen (secondary N) is 1. The third kappa shape index (κ3) is 7.25. The average Bonchev–Trinajstić information content (AvgIpc) is 3.22. The molecule has 0 radical (unpaired) electrons. The van der Waals surface area contributed by atoms with E-state index in [0.29, 0.717) is 0 Å². The van der Waals surface area contributed by atoms with Crippen molar-refractivity contribution >= 4 is 33.1 Å². The van der Waals surface area contributed by atoms with E-state index in [9.17, 15) is 8.42 Å². The number of anilines is 2. The van der Waals surface area contributed by atoms with Gasteiger partial charge in [-0.1, -0.05) is 29.8 Å². The molecule has 2 N–H and O–H groups in total. The number of nitrogens with zero attached hydrogens (tertiary/aromatic N) is 3. The Morgan fingerprint density at radius 1 is 1.13 bits per heavy atom. The number of rotatable bonds is 5. The Morgan fingerprint density at radius 3 is 2.42 bits per heavy atom. The molecule has 2 heterocycles. The minimum absolute atomic E-state index is 0.324. The number of hydrogen-bond donors (Lipinski definition) is 2. The van der Waals surface area contributed by atoms with Crippen LogP contribution in [0.1, 0.15) is 5.56 Å². The molecule has 0 aliphatic carbocycles. The Hall–Kier alpha value is -2.59. The molecule has 0 bridgehead atoms. The first-order valence-corrected chi connectivity index (χ1v) is 11.5. The largest absolute Gasteiger partial charge is 0.381 e. The first-order valence-electron chi connectivity index (χ1n) is 9.69. The molecule has 8 nitrogen and oxygen atoms in total. The molecule has 0 amide bonds. The monoisotopic (exact) mass is 464 g/mol. The third-order valence-electron chi connectivity index (χ3n) is 4.59. The number of morpholine rings is 1. The van der Waals surface area contributed by atoms with Gasteiger partial charge < -0.3 is 15.0 Å². The normalized spacial score (nSPS) is 14.0. The van der Waals surface area contributed by atoms with E-state index in [-0.39, 0.29) is 5.03 Å². The fourth-order valence-corrected chi connectivity index (χ4v) is 3.56. The smallest absolute Gasteiger partial charge is 0.313 e. The van der Waals surface area contributed by atoms with Crippen molar-refractivity contribution < 1.29 is 17.7 Å². The molecule has 0 unspecified atom stereocenters. The zero-order valence-corrected chi connectivity index (χ0v) is 18.7. The minimum atomic E-state index is -4.11. The maximum Gasteiger partial charge on any atom is 0.313 e. The fraction of sp³-hybridized carbons (Fsp3) is 0.286. The molecule has 1 saturated heterocycles. The van der Waals surface area contributed by atoms with Gasteiger partial charge in [0.2, 0.25) is 5.03 Å². The Bertz CT molecular complexity index is 1080. The summed E-state index contributed by atoms with van der Waals surface area (Å²) in [4.78, 5) is 2.36. The van der Waals surface area contributed by atoms with Gasteiger partial charge in [-0.3, -0.25) is 9.23 Å². The van der Waals surface area contributed by atoms with Crippen molar-refractivity contribution in [3.63, 3.8) is 0 Å². The molecule has 166 valence electrons. The predicted octanol–water partition coefficient (Wildman–Crippen LogP) is 3.46. The number of benzene rings is 2. The Balaban J connectivity index is 0.000000229.